The Balaban J connectivity index is 1.26. The van der Waals surface area contributed by atoms with Crippen LogP contribution in [0, 0.1) is 0 Å². The van der Waals surface area contributed by atoms with Gasteiger partial charge < -0.3 is 0 Å². The first-order valence-electron chi connectivity index (χ1n) is 6.94. The summed E-state index contributed by atoms with van der Waals surface area (Å²) in [5.41, 5.74) is 0. The van der Waals surface area contributed by atoms with E-state index in [1.54, 1.807) is 12.8 Å². The molecule has 3 heterocycles. The molecule has 4 unspecified atom stereocenters. The molecule has 0 radical (unpaired) electrons. The monoisotopic (exact) mass is 386 g/mol. The van der Waals surface area contributed by atoms with Gasteiger partial charge in [-0.2, -0.15) is 0 Å². The van der Waals surface area contributed by atoms with Crippen molar-refractivity contribution < 1.29 is 0 Å². The molecule has 0 aromatic carbocycles. The van der Waals surface area contributed by atoms with Gasteiger partial charge in [-0.3, -0.25) is 0 Å². The molecule has 0 bridgehead atoms. The predicted molar refractivity (Wildman–Crippen MR) is 94.2 cm³/mol. The maximum atomic E-state index is 2.26. The Morgan fingerprint density at radius 1 is 0.833 bits per heavy atom. The normalized spacial score (nSPS) is 38.7. The van der Waals surface area contributed by atoms with Crippen molar-refractivity contribution in [3.8, 4) is 0 Å². The van der Waals surface area contributed by atoms with Gasteiger partial charge in [0.1, 0.15) is 0 Å². The van der Waals surface area contributed by atoms with E-state index < -0.39 is 0 Å². The van der Waals surface area contributed by atoms with Gasteiger partial charge in [-0.05, 0) is 0 Å². The van der Waals surface area contributed by atoms with Crippen LogP contribution in [0.1, 0.15) is 19.3 Å². The summed E-state index contributed by atoms with van der Waals surface area (Å²) in [5.74, 6) is 8.74. The zero-order valence-corrected chi connectivity index (χ0v) is 15.7. The molecule has 18 heavy (non-hydrogen) atoms. The molecule has 3 fully saturated rings. The summed E-state index contributed by atoms with van der Waals surface area (Å²) < 4.78 is 0. The first-order chi connectivity index (χ1) is 8.90. The molecule has 5 heteroatoms. The first-order valence-corrected chi connectivity index (χ1v) is 13.3. The average Bonchev–Trinajstić information content (AvgIpc) is 3.25. The molecule has 0 saturated carbocycles. The van der Waals surface area contributed by atoms with Crippen molar-refractivity contribution in [3.05, 3.63) is 0 Å². The van der Waals surface area contributed by atoms with Gasteiger partial charge in [-0.25, -0.2) is 0 Å². The molecule has 0 amide bonds. The van der Waals surface area contributed by atoms with Crippen molar-refractivity contribution in [3.63, 3.8) is 0 Å². The molecule has 104 valence electrons. The van der Waals surface area contributed by atoms with E-state index in [0.717, 1.165) is 35.1 Å². The van der Waals surface area contributed by atoms with Crippen LogP contribution in [0.5, 0.6) is 0 Å². The number of thioether (sulfide) groups is 4. The Kier molecular flexibility index (Phi) is 6.43. The van der Waals surface area contributed by atoms with Crippen LogP contribution in [0.4, 0.5) is 0 Å². The van der Waals surface area contributed by atoms with E-state index in [0.29, 0.717) is 0 Å². The predicted octanol–water partition coefficient (Wildman–Crippen LogP) is 4.15. The average molecular weight is 386 g/mol. The van der Waals surface area contributed by atoms with Crippen LogP contribution >= 0.6 is 47.0 Å². The Labute approximate surface area is 135 Å². The van der Waals surface area contributed by atoms with Crippen LogP contribution in [0.3, 0.4) is 0 Å². The standard InChI is InChI=1S/C13H22S4Se/c1-2-12(8-14-4-10-6-16-10)18-13(3-1)9-15-5-11-7-17-11/h10-13H,1-9H2. The van der Waals surface area contributed by atoms with Gasteiger partial charge in [0.2, 0.25) is 0 Å². The number of rotatable bonds is 8. The minimum absolute atomic E-state index is 0.950. The topological polar surface area (TPSA) is 0 Å². The van der Waals surface area contributed by atoms with Gasteiger partial charge in [0, 0.05) is 0 Å². The molecule has 3 rings (SSSR count). The van der Waals surface area contributed by atoms with Crippen molar-refractivity contribution in [2.75, 3.05) is 34.5 Å². The quantitative estimate of drug-likeness (QED) is 0.454. The summed E-state index contributed by atoms with van der Waals surface area (Å²) in [6, 6.07) is 0. The molecule has 0 nitrogen and oxygen atoms in total. The molecule has 3 aliphatic rings. The van der Waals surface area contributed by atoms with E-state index in [9.17, 15) is 0 Å². The van der Waals surface area contributed by atoms with Gasteiger partial charge in [-0.1, -0.05) is 0 Å². The molecular formula is C13H22S4Se. The Morgan fingerprint density at radius 3 is 1.78 bits per heavy atom. The second-order valence-corrected chi connectivity index (χ2v) is 13.5. The Bertz CT molecular complexity index is 231. The summed E-state index contributed by atoms with van der Waals surface area (Å²) in [6.45, 7) is 0. The fourth-order valence-corrected chi connectivity index (χ4v) is 11.0. The number of hydrogen-bond donors (Lipinski definition) is 0. The van der Waals surface area contributed by atoms with Crippen LogP contribution in [0.25, 0.3) is 0 Å². The summed E-state index contributed by atoms with van der Waals surface area (Å²) >= 11 is 9.77. The van der Waals surface area contributed by atoms with Crippen molar-refractivity contribution in [2.45, 2.75) is 39.4 Å². The van der Waals surface area contributed by atoms with Crippen LogP contribution in [0.2, 0.25) is 9.63 Å². The Hall–Kier alpha value is 1.92. The third-order valence-corrected chi connectivity index (χ3v) is 12.6. The summed E-state index contributed by atoms with van der Waals surface area (Å²) in [4.78, 5) is 2.22. The molecule has 3 aliphatic heterocycles. The van der Waals surface area contributed by atoms with Gasteiger partial charge in [-0.15, -0.1) is 0 Å². The van der Waals surface area contributed by atoms with E-state index in [4.69, 9.17) is 0 Å². The van der Waals surface area contributed by atoms with E-state index >= 15 is 0 Å². The van der Waals surface area contributed by atoms with Crippen molar-refractivity contribution >= 4 is 62.0 Å². The van der Waals surface area contributed by atoms with E-state index in [-0.39, 0.29) is 0 Å². The van der Waals surface area contributed by atoms with Crippen LogP contribution in [-0.4, -0.2) is 60.0 Å². The van der Waals surface area contributed by atoms with Crippen molar-refractivity contribution in [1.82, 2.24) is 0 Å². The molecule has 0 aromatic rings. The summed E-state index contributed by atoms with van der Waals surface area (Å²) in [7, 11) is 0. The fourth-order valence-electron chi connectivity index (χ4n) is 2.22. The second-order valence-electron chi connectivity index (χ2n) is 5.30. The SMILES string of the molecule is C1CC(CSCC2CS2)[Se]C(CSCC2CS2)C1. The van der Waals surface area contributed by atoms with Crippen LogP contribution in [0.15, 0.2) is 0 Å². The molecule has 0 spiro atoms. The second kappa shape index (κ2) is 7.79. The van der Waals surface area contributed by atoms with Gasteiger partial charge in [0.15, 0.2) is 0 Å². The molecule has 0 aliphatic carbocycles. The summed E-state index contributed by atoms with van der Waals surface area (Å²) in [6.07, 6.45) is 4.61. The maximum absolute atomic E-state index is 2.26. The Morgan fingerprint density at radius 2 is 1.33 bits per heavy atom. The van der Waals surface area contributed by atoms with E-state index in [2.05, 4.69) is 47.0 Å². The van der Waals surface area contributed by atoms with Crippen molar-refractivity contribution in [2.24, 2.45) is 0 Å². The zero-order valence-electron chi connectivity index (χ0n) is 10.7. The molecule has 3 saturated heterocycles. The van der Waals surface area contributed by atoms with Gasteiger partial charge in [0.05, 0.1) is 0 Å². The minimum atomic E-state index is 0.950. The van der Waals surface area contributed by atoms with Gasteiger partial charge in [0.25, 0.3) is 0 Å². The van der Waals surface area contributed by atoms with Crippen LogP contribution in [-0.2, 0) is 0 Å². The van der Waals surface area contributed by atoms with E-state index in [1.807, 2.05) is 0 Å². The molecule has 0 aromatic heterocycles. The van der Waals surface area contributed by atoms with Crippen LogP contribution < -0.4 is 0 Å². The third-order valence-electron chi connectivity index (χ3n) is 3.46. The fraction of sp³-hybridized carbons (Fsp3) is 1.00. The van der Waals surface area contributed by atoms with Gasteiger partial charge >= 0.3 is 136 Å². The molecule has 4 atom stereocenters. The van der Waals surface area contributed by atoms with E-state index in [1.165, 1.54) is 40.9 Å². The van der Waals surface area contributed by atoms with Crippen molar-refractivity contribution in [1.29, 1.82) is 0 Å². The summed E-state index contributed by atoms with van der Waals surface area (Å²) in [5, 5.41) is 2.07. The third kappa shape index (κ3) is 5.73. The molecule has 0 N–H and O–H groups in total. The number of hydrogen-bond acceptors (Lipinski definition) is 4. The zero-order chi connectivity index (χ0) is 12.2. The first kappa shape index (κ1) is 14.8. The molecular weight excluding hydrogens is 363 g/mol.